The second-order valence-electron chi connectivity index (χ2n) is 3.71. The standard InChI is InChI=1S/C14H17NO5/c1-4-13(17)20-9-8-12(16)15-14-10(18-2)6-5-7-11(14)19-3/h4-7H,1,8-9H2,2-3H3,(H,15,16). The molecule has 1 amide bonds. The molecule has 0 aliphatic heterocycles. The van der Waals surface area contributed by atoms with Crippen molar-refractivity contribution in [2.75, 3.05) is 26.1 Å². The highest BCUT2D eigenvalue weighted by molar-refractivity contribution is 5.94. The molecule has 0 radical (unpaired) electrons. The minimum atomic E-state index is -0.562. The van der Waals surface area contributed by atoms with Crippen LogP contribution in [0.3, 0.4) is 0 Å². The first-order chi connectivity index (χ1) is 9.62. The summed E-state index contributed by atoms with van der Waals surface area (Å²) in [7, 11) is 2.99. The van der Waals surface area contributed by atoms with Crippen LogP contribution in [0.1, 0.15) is 6.42 Å². The topological polar surface area (TPSA) is 73.9 Å². The molecule has 20 heavy (non-hydrogen) atoms. The van der Waals surface area contributed by atoms with Gasteiger partial charge in [-0.1, -0.05) is 12.6 Å². The molecule has 0 aliphatic carbocycles. The number of esters is 1. The zero-order valence-corrected chi connectivity index (χ0v) is 11.5. The largest absolute Gasteiger partial charge is 0.494 e. The maximum atomic E-state index is 11.8. The lowest BCUT2D eigenvalue weighted by Gasteiger charge is -2.13. The Balaban J connectivity index is 2.65. The molecule has 0 bridgehead atoms. The Labute approximate surface area is 117 Å². The first-order valence-electron chi connectivity index (χ1n) is 5.92. The van der Waals surface area contributed by atoms with E-state index in [0.717, 1.165) is 6.08 Å². The molecule has 0 fully saturated rings. The van der Waals surface area contributed by atoms with Crippen LogP contribution in [0.2, 0.25) is 0 Å². The number of anilines is 1. The van der Waals surface area contributed by atoms with E-state index in [1.807, 2.05) is 0 Å². The maximum absolute atomic E-state index is 11.8. The number of amides is 1. The summed E-state index contributed by atoms with van der Waals surface area (Å²) in [6.07, 6.45) is 1.07. The normalized spacial score (nSPS) is 9.50. The third-order valence-electron chi connectivity index (χ3n) is 2.43. The Morgan fingerprint density at radius 3 is 2.35 bits per heavy atom. The first-order valence-corrected chi connectivity index (χ1v) is 5.92. The van der Waals surface area contributed by atoms with Gasteiger partial charge in [-0.05, 0) is 12.1 Å². The zero-order chi connectivity index (χ0) is 15.0. The lowest BCUT2D eigenvalue weighted by Crippen LogP contribution is -2.16. The Hall–Kier alpha value is -2.50. The van der Waals surface area contributed by atoms with Gasteiger partial charge < -0.3 is 19.5 Å². The number of carbonyl (C=O) groups excluding carboxylic acids is 2. The molecule has 0 saturated heterocycles. The second kappa shape index (κ2) is 7.83. The van der Waals surface area contributed by atoms with Gasteiger partial charge in [-0.2, -0.15) is 0 Å². The van der Waals surface area contributed by atoms with Gasteiger partial charge in [0.15, 0.2) is 0 Å². The average molecular weight is 279 g/mol. The van der Waals surface area contributed by atoms with Gasteiger partial charge in [0.1, 0.15) is 23.8 Å². The molecule has 1 aromatic carbocycles. The number of hydrogen-bond acceptors (Lipinski definition) is 5. The monoisotopic (exact) mass is 279 g/mol. The fourth-order valence-corrected chi connectivity index (χ4v) is 1.48. The van der Waals surface area contributed by atoms with E-state index in [1.54, 1.807) is 18.2 Å². The molecule has 6 heteroatoms. The molecule has 1 rings (SSSR count). The zero-order valence-electron chi connectivity index (χ0n) is 11.5. The van der Waals surface area contributed by atoms with Gasteiger partial charge in [0, 0.05) is 6.08 Å². The fraction of sp³-hybridized carbons (Fsp3) is 0.286. The number of benzene rings is 1. The van der Waals surface area contributed by atoms with Crippen LogP contribution in [0.5, 0.6) is 11.5 Å². The summed E-state index contributed by atoms with van der Waals surface area (Å²) in [5, 5.41) is 2.67. The van der Waals surface area contributed by atoms with Crippen molar-refractivity contribution in [2.45, 2.75) is 6.42 Å². The molecule has 0 saturated carbocycles. The van der Waals surface area contributed by atoms with E-state index in [0.29, 0.717) is 17.2 Å². The van der Waals surface area contributed by atoms with Crippen LogP contribution in [-0.4, -0.2) is 32.7 Å². The molecule has 0 aromatic heterocycles. The van der Waals surface area contributed by atoms with Gasteiger partial charge in [0.2, 0.25) is 5.91 Å². The molecular weight excluding hydrogens is 262 g/mol. The molecule has 1 N–H and O–H groups in total. The van der Waals surface area contributed by atoms with Gasteiger partial charge in [-0.25, -0.2) is 4.79 Å². The van der Waals surface area contributed by atoms with Crippen molar-refractivity contribution in [3.8, 4) is 11.5 Å². The molecule has 0 spiro atoms. The number of nitrogens with one attached hydrogen (secondary N) is 1. The van der Waals surface area contributed by atoms with Crippen molar-refractivity contribution in [1.29, 1.82) is 0 Å². The van der Waals surface area contributed by atoms with E-state index in [9.17, 15) is 9.59 Å². The molecule has 108 valence electrons. The third-order valence-corrected chi connectivity index (χ3v) is 2.43. The summed E-state index contributed by atoms with van der Waals surface area (Å²) < 4.78 is 15.0. The lowest BCUT2D eigenvalue weighted by molar-refractivity contribution is -0.138. The quantitative estimate of drug-likeness (QED) is 0.608. The van der Waals surface area contributed by atoms with Crippen LogP contribution in [0, 0.1) is 0 Å². The van der Waals surface area contributed by atoms with Crippen LogP contribution >= 0.6 is 0 Å². The lowest BCUT2D eigenvalue weighted by atomic mass is 10.2. The van der Waals surface area contributed by atoms with E-state index < -0.39 is 5.97 Å². The van der Waals surface area contributed by atoms with E-state index in [2.05, 4.69) is 11.9 Å². The van der Waals surface area contributed by atoms with Crippen molar-refractivity contribution in [3.63, 3.8) is 0 Å². The number of methoxy groups -OCH3 is 2. The minimum absolute atomic E-state index is 0.0197. The molecule has 1 aromatic rings. The number of para-hydroxylation sites is 1. The summed E-state index contributed by atoms with van der Waals surface area (Å²) in [5.74, 6) is 0.0962. The molecular formula is C14H17NO5. The van der Waals surface area contributed by atoms with Gasteiger partial charge >= 0.3 is 5.97 Å². The highest BCUT2D eigenvalue weighted by Crippen LogP contribution is 2.34. The van der Waals surface area contributed by atoms with Crippen molar-refractivity contribution in [2.24, 2.45) is 0 Å². The van der Waals surface area contributed by atoms with E-state index in [1.165, 1.54) is 14.2 Å². The van der Waals surface area contributed by atoms with Crippen molar-refractivity contribution < 1.29 is 23.8 Å². The number of carbonyl (C=O) groups is 2. The van der Waals surface area contributed by atoms with Crippen molar-refractivity contribution in [1.82, 2.24) is 0 Å². The van der Waals surface area contributed by atoms with E-state index in [-0.39, 0.29) is 18.9 Å². The maximum Gasteiger partial charge on any atom is 0.330 e. The van der Waals surface area contributed by atoms with Crippen molar-refractivity contribution in [3.05, 3.63) is 30.9 Å². The molecule has 6 nitrogen and oxygen atoms in total. The van der Waals surface area contributed by atoms with Gasteiger partial charge in [-0.15, -0.1) is 0 Å². The van der Waals surface area contributed by atoms with Crippen LogP contribution in [0.4, 0.5) is 5.69 Å². The summed E-state index contributed by atoms with van der Waals surface area (Å²) in [6, 6.07) is 5.16. The fourth-order valence-electron chi connectivity index (χ4n) is 1.48. The van der Waals surface area contributed by atoms with E-state index >= 15 is 0 Å². The van der Waals surface area contributed by atoms with Crippen molar-refractivity contribution >= 4 is 17.6 Å². The molecule has 0 unspecified atom stereocenters. The Morgan fingerprint density at radius 1 is 1.25 bits per heavy atom. The minimum Gasteiger partial charge on any atom is -0.494 e. The molecule has 0 heterocycles. The molecule has 0 atom stereocenters. The summed E-state index contributed by atoms with van der Waals surface area (Å²) in [6.45, 7) is 3.24. The summed E-state index contributed by atoms with van der Waals surface area (Å²) in [5.41, 5.74) is 0.442. The number of hydrogen-bond donors (Lipinski definition) is 1. The van der Waals surface area contributed by atoms with Crippen LogP contribution in [0.15, 0.2) is 30.9 Å². The van der Waals surface area contributed by atoms with Crippen LogP contribution in [0.25, 0.3) is 0 Å². The Morgan fingerprint density at radius 2 is 1.85 bits per heavy atom. The third kappa shape index (κ3) is 4.31. The average Bonchev–Trinajstić information content (AvgIpc) is 2.47. The SMILES string of the molecule is C=CC(=O)OCCC(=O)Nc1c(OC)cccc1OC. The highest BCUT2D eigenvalue weighted by atomic mass is 16.5. The Kier molecular flexibility index (Phi) is 6.09. The highest BCUT2D eigenvalue weighted by Gasteiger charge is 2.13. The number of ether oxygens (including phenoxy) is 3. The van der Waals surface area contributed by atoms with Gasteiger partial charge in [0.05, 0.1) is 20.6 Å². The van der Waals surface area contributed by atoms with Gasteiger partial charge in [-0.3, -0.25) is 4.79 Å². The molecule has 0 aliphatic rings. The van der Waals surface area contributed by atoms with Crippen LogP contribution < -0.4 is 14.8 Å². The number of rotatable bonds is 7. The van der Waals surface area contributed by atoms with Crippen LogP contribution in [-0.2, 0) is 14.3 Å². The Bertz CT molecular complexity index is 476. The van der Waals surface area contributed by atoms with E-state index in [4.69, 9.17) is 14.2 Å². The summed E-state index contributed by atoms with van der Waals surface area (Å²) in [4.78, 5) is 22.6. The predicted octanol–water partition coefficient (Wildman–Crippen LogP) is 1.76. The first kappa shape index (κ1) is 15.6. The predicted molar refractivity (Wildman–Crippen MR) is 73.9 cm³/mol. The smallest absolute Gasteiger partial charge is 0.330 e. The van der Waals surface area contributed by atoms with Gasteiger partial charge in [0.25, 0.3) is 0 Å². The second-order valence-corrected chi connectivity index (χ2v) is 3.71. The summed E-state index contributed by atoms with van der Waals surface area (Å²) >= 11 is 0.